The number of hydrogen-bond acceptors (Lipinski definition) is 4. The number of nitrogens with zero attached hydrogens (tertiary/aromatic N) is 1. The largest absolute Gasteiger partial charge is 0.465 e. The predicted molar refractivity (Wildman–Crippen MR) is 88.0 cm³/mol. The lowest BCUT2D eigenvalue weighted by atomic mass is 9.97. The first-order chi connectivity index (χ1) is 11.1. The molecule has 23 heavy (non-hydrogen) atoms. The minimum absolute atomic E-state index is 0.0538. The third-order valence-electron chi connectivity index (χ3n) is 5.19. The Hall–Kier alpha value is -1.33. The van der Waals surface area contributed by atoms with Gasteiger partial charge in [-0.15, -0.1) is 0 Å². The molecule has 1 saturated heterocycles. The Morgan fingerprint density at radius 2 is 2.00 bits per heavy atom. The van der Waals surface area contributed by atoms with Crippen molar-refractivity contribution >= 4 is 5.91 Å². The molecule has 1 atom stereocenters. The number of aryl methyl sites for hydroxylation is 1. The number of likely N-dealkylation sites (tertiary alicyclic amines) is 1. The van der Waals surface area contributed by atoms with Crippen LogP contribution in [0.1, 0.15) is 62.5 Å². The molecule has 1 amide bonds. The third kappa shape index (κ3) is 4.15. The Balaban J connectivity index is 1.58. The van der Waals surface area contributed by atoms with Gasteiger partial charge in [0.15, 0.2) is 0 Å². The van der Waals surface area contributed by atoms with E-state index in [4.69, 9.17) is 4.42 Å². The minimum atomic E-state index is -0.783. The van der Waals surface area contributed by atoms with Crippen LogP contribution in [-0.4, -0.2) is 41.1 Å². The summed E-state index contributed by atoms with van der Waals surface area (Å²) in [5.74, 6) is 1.77. The normalized spacial score (nSPS) is 22.3. The lowest BCUT2D eigenvalue weighted by Gasteiger charge is -2.27. The van der Waals surface area contributed by atoms with Gasteiger partial charge in [0.25, 0.3) is 0 Å². The number of rotatable bonds is 6. The van der Waals surface area contributed by atoms with E-state index in [-0.39, 0.29) is 18.4 Å². The number of carbonyl (C=O) groups excluding carboxylic acids is 1. The Morgan fingerprint density at radius 1 is 1.30 bits per heavy atom. The Morgan fingerprint density at radius 3 is 2.61 bits per heavy atom. The SMILES string of the molecule is Cc1ccc(C(CNC(=O)CC2(O)CCCC2)N2CCCC2)o1. The highest BCUT2D eigenvalue weighted by atomic mass is 16.3. The number of carbonyl (C=O) groups is 1. The summed E-state index contributed by atoms with van der Waals surface area (Å²) in [4.78, 5) is 14.6. The summed E-state index contributed by atoms with van der Waals surface area (Å²) in [6.45, 7) is 4.58. The van der Waals surface area contributed by atoms with E-state index in [9.17, 15) is 9.90 Å². The molecule has 2 fully saturated rings. The van der Waals surface area contributed by atoms with Gasteiger partial charge < -0.3 is 14.8 Å². The maximum absolute atomic E-state index is 12.2. The van der Waals surface area contributed by atoms with E-state index >= 15 is 0 Å². The van der Waals surface area contributed by atoms with Crippen molar-refractivity contribution in [3.8, 4) is 0 Å². The van der Waals surface area contributed by atoms with Crippen molar-refractivity contribution in [1.29, 1.82) is 0 Å². The smallest absolute Gasteiger partial charge is 0.222 e. The Kier molecular flexibility index (Phi) is 5.07. The number of amides is 1. The van der Waals surface area contributed by atoms with Crippen molar-refractivity contribution in [2.75, 3.05) is 19.6 Å². The van der Waals surface area contributed by atoms with Gasteiger partial charge in [-0.1, -0.05) is 12.8 Å². The summed E-state index contributed by atoms with van der Waals surface area (Å²) < 4.78 is 5.80. The summed E-state index contributed by atoms with van der Waals surface area (Å²) in [6, 6.07) is 4.07. The fraction of sp³-hybridized carbons (Fsp3) is 0.722. The van der Waals surface area contributed by atoms with Gasteiger partial charge in [0.2, 0.25) is 5.91 Å². The molecule has 0 aromatic carbocycles. The molecule has 0 spiro atoms. The van der Waals surface area contributed by atoms with Gasteiger partial charge in [0.1, 0.15) is 11.5 Å². The van der Waals surface area contributed by atoms with Crippen LogP contribution < -0.4 is 5.32 Å². The molecule has 5 heteroatoms. The number of nitrogens with one attached hydrogen (secondary N) is 1. The van der Waals surface area contributed by atoms with Crippen LogP contribution in [-0.2, 0) is 4.79 Å². The first-order valence-electron chi connectivity index (χ1n) is 8.85. The van der Waals surface area contributed by atoms with E-state index in [1.165, 1.54) is 12.8 Å². The van der Waals surface area contributed by atoms with E-state index < -0.39 is 5.60 Å². The van der Waals surface area contributed by atoms with Gasteiger partial charge in [0.05, 0.1) is 18.1 Å². The molecule has 1 unspecified atom stereocenters. The van der Waals surface area contributed by atoms with Crippen LogP contribution in [0.4, 0.5) is 0 Å². The highest BCUT2D eigenvalue weighted by molar-refractivity contribution is 5.77. The molecule has 128 valence electrons. The molecule has 0 radical (unpaired) electrons. The highest BCUT2D eigenvalue weighted by Crippen LogP contribution is 2.32. The van der Waals surface area contributed by atoms with E-state index in [0.717, 1.165) is 50.3 Å². The molecule has 1 aliphatic heterocycles. The molecule has 2 heterocycles. The third-order valence-corrected chi connectivity index (χ3v) is 5.19. The van der Waals surface area contributed by atoms with Crippen LogP contribution in [0.15, 0.2) is 16.5 Å². The molecule has 2 aliphatic rings. The number of furan rings is 1. The van der Waals surface area contributed by atoms with Crippen LogP contribution in [0.5, 0.6) is 0 Å². The quantitative estimate of drug-likeness (QED) is 0.845. The van der Waals surface area contributed by atoms with Crippen LogP contribution >= 0.6 is 0 Å². The Labute approximate surface area is 138 Å². The zero-order valence-corrected chi connectivity index (χ0v) is 14.0. The van der Waals surface area contributed by atoms with Crippen molar-refractivity contribution in [1.82, 2.24) is 10.2 Å². The molecular formula is C18H28N2O3. The standard InChI is InChI=1S/C18H28N2O3/c1-14-6-7-16(23-14)15(20-10-4-5-11-20)13-19-17(21)12-18(22)8-2-3-9-18/h6-7,15,22H,2-5,8-13H2,1H3,(H,19,21). The fourth-order valence-electron chi connectivity index (χ4n) is 3.88. The maximum atomic E-state index is 12.2. The van der Waals surface area contributed by atoms with Gasteiger partial charge in [-0.25, -0.2) is 0 Å². The van der Waals surface area contributed by atoms with Crippen molar-refractivity contribution < 1.29 is 14.3 Å². The van der Waals surface area contributed by atoms with Crippen LogP contribution in [0.25, 0.3) is 0 Å². The molecule has 0 bridgehead atoms. The van der Waals surface area contributed by atoms with Crippen molar-refractivity contribution in [3.05, 3.63) is 23.7 Å². The van der Waals surface area contributed by atoms with Crippen molar-refractivity contribution in [2.24, 2.45) is 0 Å². The lowest BCUT2D eigenvalue weighted by Crippen LogP contribution is -2.39. The second-order valence-electron chi connectivity index (χ2n) is 7.12. The molecule has 1 saturated carbocycles. The topological polar surface area (TPSA) is 65.7 Å². The average Bonchev–Trinajstić information content (AvgIpc) is 3.23. The van der Waals surface area contributed by atoms with Gasteiger partial charge in [-0.2, -0.15) is 0 Å². The summed E-state index contributed by atoms with van der Waals surface area (Å²) in [7, 11) is 0. The maximum Gasteiger partial charge on any atom is 0.222 e. The Bertz CT molecular complexity index is 528. The van der Waals surface area contributed by atoms with Gasteiger partial charge >= 0.3 is 0 Å². The van der Waals surface area contributed by atoms with Crippen molar-refractivity contribution in [2.45, 2.75) is 63.5 Å². The van der Waals surface area contributed by atoms with Gasteiger partial charge in [-0.05, 0) is 57.8 Å². The van der Waals surface area contributed by atoms with Crippen LogP contribution in [0.2, 0.25) is 0 Å². The minimum Gasteiger partial charge on any atom is -0.465 e. The van der Waals surface area contributed by atoms with Gasteiger partial charge in [-0.3, -0.25) is 9.69 Å². The molecular weight excluding hydrogens is 292 g/mol. The van der Waals surface area contributed by atoms with Crippen LogP contribution in [0.3, 0.4) is 0 Å². The first kappa shape index (κ1) is 16.5. The molecule has 2 N–H and O–H groups in total. The average molecular weight is 320 g/mol. The summed E-state index contributed by atoms with van der Waals surface area (Å²) in [6.07, 6.45) is 6.14. The van der Waals surface area contributed by atoms with E-state index in [0.29, 0.717) is 6.54 Å². The second kappa shape index (κ2) is 7.05. The lowest BCUT2D eigenvalue weighted by molar-refractivity contribution is -0.126. The van der Waals surface area contributed by atoms with Gasteiger partial charge in [0, 0.05) is 6.54 Å². The first-order valence-corrected chi connectivity index (χ1v) is 8.85. The zero-order chi connectivity index (χ0) is 16.3. The van der Waals surface area contributed by atoms with Crippen molar-refractivity contribution in [3.63, 3.8) is 0 Å². The van der Waals surface area contributed by atoms with E-state index in [2.05, 4.69) is 10.2 Å². The van der Waals surface area contributed by atoms with E-state index in [1.54, 1.807) is 0 Å². The predicted octanol–water partition coefficient (Wildman–Crippen LogP) is 2.54. The van der Waals surface area contributed by atoms with E-state index in [1.807, 2.05) is 19.1 Å². The monoisotopic (exact) mass is 320 g/mol. The highest BCUT2D eigenvalue weighted by Gasteiger charge is 2.34. The molecule has 1 aliphatic carbocycles. The summed E-state index contributed by atoms with van der Waals surface area (Å²) in [5.41, 5.74) is -0.783. The number of hydrogen-bond donors (Lipinski definition) is 2. The summed E-state index contributed by atoms with van der Waals surface area (Å²) >= 11 is 0. The molecule has 1 aromatic rings. The zero-order valence-electron chi connectivity index (χ0n) is 14.0. The molecule has 1 aromatic heterocycles. The second-order valence-corrected chi connectivity index (χ2v) is 7.12. The summed E-state index contributed by atoms with van der Waals surface area (Å²) in [5, 5.41) is 13.4. The number of aliphatic hydroxyl groups is 1. The fourth-order valence-corrected chi connectivity index (χ4v) is 3.88. The molecule has 5 nitrogen and oxygen atoms in total. The van der Waals surface area contributed by atoms with Crippen LogP contribution in [0, 0.1) is 6.92 Å². The molecule has 3 rings (SSSR count).